The second kappa shape index (κ2) is 6.59. The van der Waals surface area contributed by atoms with Crippen molar-refractivity contribution >= 4 is 11.9 Å². The predicted octanol–water partition coefficient (Wildman–Crippen LogP) is 1.07. The molecule has 0 aromatic rings. The largest absolute Gasteiger partial charge is 0.481 e. The van der Waals surface area contributed by atoms with Crippen LogP contribution in [0.15, 0.2) is 0 Å². The van der Waals surface area contributed by atoms with Crippen molar-refractivity contribution in [1.29, 1.82) is 0 Å². The maximum atomic E-state index is 12.2. The van der Waals surface area contributed by atoms with Crippen LogP contribution in [0.2, 0.25) is 0 Å². The van der Waals surface area contributed by atoms with E-state index in [1.807, 2.05) is 27.7 Å². The first kappa shape index (κ1) is 15.9. The van der Waals surface area contributed by atoms with Gasteiger partial charge in [-0.15, -0.1) is 0 Å². The van der Waals surface area contributed by atoms with Crippen molar-refractivity contribution in [1.82, 2.24) is 4.90 Å². The topological polar surface area (TPSA) is 83.6 Å². The van der Waals surface area contributed by atoms with E-state index in [-0.39, 0.29) is 30.3 Å². The lowest BCUT2D eigenvalue weighted by molar-refractivity contribution is -0.143. The lowest BCUT2D eigenvalue weighted by Gasteiger charge is -2.37. The van der Waals surface area contributed by atoms with Gasteiger partial charge in [0.05, 0.1) is 12.3 Å². The van der Waals surface area contributed by atoms with E-state index >= 15 is 0 Å². The van der Waals surface area contributed by atoms with E-state index in [9.17, 15) is 9.59 Å². The molecule has 0 aliphatic carbocycles. The summed E-state index contributed by atoms with van der Waals surface area (Å²) in [4.78, 5) is 24.4. The summed E-state index contributed by atoms with van der Waals surface area (Å²) in [6.45, 7) is 8.14. The molecule has 0 rings (SSSR count). The molecule has 0 spiro atoms. The molecule has 5 nitrogen and oxygen atoms in total. The van der Waals surface area contributed by atoms with Crippen LogP contribution in [0.3, 0.4) is 0 Å². The highest BCUT2D eigenvalue weighted by Crippen LogP contribution is 2.18. The number of amides is 1. The van der Waals surface area contributed by atoms with Gasteiger partial charge in [0.1, 0.15) is 0 Å². The average Bonchev–Trinajstić information content (AvgIpc) is 2.17. The van der Waals surface area contributed by atoms with E-state index in [0.29, 0.717) is 13.0 Å². The third kappa shape index (κ3) is 5.17. The van der Waals surface area contributed by atoms with Crippen LogP contribution < -0.4 is 5.73 Å². The Morgan fingerprint density at radius 3 is 2.18 bits per heavy atom. The van der Waals surface area contributed by atoms with Gasteiger partial charge in [0.25, 0.3) is 0 Å². The minimum atomic E-state index is -0.896. The van der Waals surface area contributed by atoms with Crippen molar-refractivity contribution < 1.29 is 14.7 Å². The summed E-state index contributed by atoms with van der Waals surface area (Å²) in [6, 6.07) is 0. The quantitative estimate of drug-likeness (QED) is 0.732. The zero-order valence-corrected chi connectivity index (χ0v) is 11.2. The zero-order chi connectivity index (χ0) is 13.6. The molecule has 0 aromatic heterocycles. The Bertz CT molecular complexity index is 267. The Kier molecular flexibility index (Phi) is 6.16. The minimum Gasteiger partial charge on any atom is -0.481 e. The smallest absolute Gasteiger partial charge is 0.305 e. The van der Waals surface area contributed by atoms with Crippen LogP contribution in [0.4, 0.5) is 0 Å². The second-order valence-electron chi connectivity index (χ2n) is 5.15. The lowest BCUT2D eigenvalue weighted by atomic mass is 9.99. The fourth-order valence-electron chi connectivity index (χ4n) is 1.65. The molecule has 0 radical (unpaired) electrons. The molecule has 5 heteroatoms. The van der Waals surface area contributed by atoms with Gasteiger partial charge in [0, 0.05) is 18.6 Å². The fourth-order valence-corrected chi connectivity index (χ4v) is 1.65. The highest BCUT2D eigenvalue weighted by atomic mass is 16.4. The summed E-state index contributed by atoms with van der Waals surface area (Å²) in [5.74, 6) is -1.17. The summed E-state index contributed by atoms with van der Waals surface area (Å²) in [7, 11) is 0. The second-order valence-corrected chi connectivity index (χ2v) is 5.15. The highest BCUT2D eigenvalue weighted by Gasteiger charge is 2.30. The Labute approximate surface area is 103 Å². The van der Waals surface area contributed by atoms with Crippen molar-refractivity contribution in [2.45, 2.75) is 46.1 Å². The molecule has 1 amide bonds. The first-order valence-corrected chi connectivity index (χ1v) is 5.97. The molecule has 1 unspecified atom stereocenters. The van der Waals surface area contributed by atoms with Crippen molar-refractivity contribution in [3.05, 3.63) is 0 Å². The summed E-state index contributed by atoms with van der Waals surface area (Å²) < 4.78 is 0. The van der Waals surface area contributed by atoms with E-state index in [1.54, 1.807) is 4.90 Å². The van der Waals surface area contributed by atoms with Gasteiger partial charge >= 0.3 is 5.97 Å². The monoisotopic (exact) mass is 244 g/mol. The van der Waals surface area contributed by atoms with Gasteiger partial charge in [0.2, 0.25) is 5.91 Å². The van der Waals surface area contributed by atoms with Crippen LogP contribution in [0, 0.1) is 5.92 Å². The molecule has 1 atom stereocenters. The standard InChI is InChI=1S/C12H24N2O3/c1-5-9(8-13)11(17)14(12(2,3)4)7-6-10(15)16/h9H,5-8,13H2,1-4H3,(H,15,16). The van der Waals surface area contributed by atoms with Gasteiger partial charge in [-0.2, -0.15) is 0 Å². The molecule has 0 aliphatic rings. The van der Waals surface area contributed by atoms with Gasteiger partial charge in [-0.25, -0.2) is 0 Å². The van der Waals surface area contributed by atoms with Crippen LogP contribution in [-0.4, -0.2) is 40.5 Å². The SMILES string of the molecule is CCC(CN)C(=O)N(CCC(=O)O)C(C)(C)C. The molecular weight excluding hydrogens is 220 g/mol. The number of carboxylic acids is 1. The van der Waals surface area contributed by atoms with Crippen molar-refractivity contribution in [2.24, 2.45) is 11.7 Å². The molecule has 17 heavy (non-hydrogen) atoms. The summed E-state index contributed by atoms with van der Waals surface area (Å²) in [5.41, 5.74) is 5.18. The van der Waals surface area contributed by atoms with E-state index < -0.39 is 5.97 Å². The van der Waals surface area contributed by atoms with E-state index in [2.05, 4.69) is 0 Å². The van der Waals surface area contributed by atoms with Crippen LogP contribution in [0.1, 0.15) is 40.5 Å². The molecule has 0 heterocycles. The molecule has 100 valence electrons. The van der Waals surface area contributed by atoms with Gasteiger partial charge in [-0.1, -0.05) is 6.92 Å². The van der Waals surface area contributed by atoms with E-state index in [1.165, 1.54) is 0 Å². The Balaban J connectivity index is 4.80. The van der Waals surface area contributed by atoms with Gasteiger partial charge in [-0.3, -0.25) is 9.59 Å². The van der Waals surface area contributed by atoms with Crippen molar-refractivity contribution in [3.8, 4) is 0 Å². The Hall–Kier alpha value is -1.10. The number of carbonyl (C=O) groups excluding carboxylic acids is 1. The third-order valence-corrected chi connectivity index (χ3v) is 2.75. The maximum Gasteiger partial charge on any atom is 0.305 e. The van der Waals surface area contributed by atoms with E-state index in [4.69, 9.17) is 10.8 Å². The average molecular weight is 244 g/mol. The molecule has 0 bridgehead atoms. The molecule has 3 N–H and O–H groups in total. The van der Waals surface area contributed by atoms with Gasteiger partial charge in [-0.05, 0) is 27.2 Å². The normalized spacial score (nSPS) is 13.2. The van der Waals surface area contributed by atoms with Gasteiger partial charge < -0.3 is 15.7 Å². The molecule has 0 aliphatic heterocycles. The third-order valence-electron chi connectivity index (χ3n) is 2.75. The molecule has 0 saturated carbocycles. The molecule has 0 saturated heterocycles. The number of aliphatic carboxylic acids is 1. The first-order valence-electron chi connectivity index (χ1n) is 5.97. The lowest BCUT2D eigenvalue weighted by Crippen LogP contribution is -2.50. The van der Waals surface area contributed by atoms with Crippen LogP contribution in [0.5, 0.6) is 0 Å². The fraction of sp³-hybridized carbons (Fsp3) is 0.833. The minimum absolute atomic E-state index is 0.0377. The number of rotatable bonds is 6. The summed E-state index contributed by atoms with van der Waals surface area (Å²) in [6.07, 6.45) is 0.638. The van der Waals surface area contributed by atoms with Crippen molar-refractivity contribution in [3.63, 3.8) is 0 Å². The molecular formula is C12H24N2O3. The van der Waals surface area contributed by atoms with Crippen LogP contribution in [-0.2, 0) is 9.59 Å². The van der Waals surface area contributed by atoms with Crippen molar-refractivity contribution in [2.75, 3.05) is 13.1 Å². The number of carboxylic acid groups (broad SMARTS) is 1. The number of hydrogen-bond donors (Lipinski definition) is 2. The zero-order valence-electron chi connectivity index (χ0n) is 11.2. The Morgan fingerprint density at radius 1 is 1.35 bits per heavy atom. The first-order chi connectivity index (χ1) is 7.73. The number of hydrogen-bond acceptors (Lipinski definition) is 3. The number of nitrogens with two attached hydrogens (primary N) is 1. The number of nitrogens with zero attached hydrogens (tertiary/aromatic N) is 1. The number of carbonyl (C=O) groups is 2. The maximum absolute atomic E-state index is 12.2. The summed E-state index contributed by atoms with van der Waals surface area (Å²) in [5, 5.41) is 8.70. The molecule has 0 aromatic carbocycles. The highest BCUT2D eigenvalue weighted by molar-refractivity contribution is 5.80. The van der Waals surface area contributed by atoms with Crippen LogP contribution >= 0.6 is 0 Å². The Morgan fingerprint density at radius 2 is 1.88 bits per heavy atom. The molecule has 0 fully saturated rings. The van der Waals surface area contributed by atoms with E-state index in [0.717, 1.165) is 0 Å². The summed E-state index contributed by atoms with van der Waals surface area (Å²) >= 11 is 0. The predicted molar refractivity (Wildman–Crippen MR) is 66.6 cm³/mol. The van der Waals surface area contributed by atoms with Crippen LogP contribution in [0.25, 0.3) is 0 Å². The van der Waals surface area contributed by atoms with Gasteiger partial charge in [0.15, 0.2) is 0 Å².